The molecule has 0 bridgehead atoms. The number of hydrogen-bond acceptors (Lipinski definition) is 4. The largest absolute Gasteiger partial charge is 0.272 e. The monoisotopic (exact) mass is 230 g/mol. The number of nitrogens with zero attached hydrogens (tertiary/aromatic N) is 4. The second-order valence-electron chi connectivity index (χ2n) is 4.44. The highest BCUT2D eigenvalue weighted by Crippen LogP contribution is 2.29. The van der Waals surface area contributed by atoms with Gasteiger partial charge in [-0.25, -0.2) is 9.97 Å². The number of rotatable bonds is 1. The number of carbonyl (C=O) groups excluding carboxylic acids is 1. The predicted octanol–water partition coefficient (Wildman–Crippen LogP) is 1.76. The number of aromatic nitrogens is 2. The number of fused-ring (bicyclic) bond motifs is 1. The van der Waals surface area contributed by atoms with E-state index in [-0.39, 0.29) is 11.8 Å². The highest BCUT2D eigenvalue weighted by atomic mass is 16.2. The van der Waals surface area contributed by atoms with Crippen LogP contribution >= 0.6 is 0 Å². The molecule has 1 aliphatic heterocycles. The molecule has 1 aliphatic carbocycles. The lowest BCUT2D eigenvalue weighted by atomic mass is 9.99. The SMILES string of the molecule is O=C1C2CCCCCC2=NN1c1ncccn1. The molecule has 0 aromatic carbocycles. The van der Waals surface area contributed by atoms with Gasteiger partial charge in [0.1, 0.15) is 0 Å². The number of amides is 1. The predicted molar refractivity (Wildman–Crippen MR) is 63.5 cm³/mol. The lowest BCUT2D eigenvalue weighted by molar-refractivity contribution is -0.120. The molecule has 3 rings (SSSR count). The van der Waals surface area contributed by atoms with E-state index in [0.29, 0.717) is 5.95 Å². The molecule has 1 saturated carbocycles. The minimum atomic E-state index is -0.0266. The van der Waals surface area contributed by atoms with E-state index in [1.54, 1.807) is 18.5 Å². The van der Waals surface area contributed by atoms with Crippen LogP contribution < -0.4 is 5.01 Å². The fraction of sp³-hybridized carbons (Fsp3) is 0.500. The molecular formula is C12H14N4O. The summed E-state index contributed by atoms with van der Waals surface area (Å²) in [6.07, 6.45) is 8.55. The van der Waals surface area contributed by atoms with Crippen LogP contribution in [0.4, 0.5) is 5.95 Å². The van der Waals surface area contributed by atoms with Crippen LogP contribution in [-0.2, 0) is 4.79 Å². The number of hydrazone groups is 1. The van der Waals surface area contributed by atoms with E-state index in [1.165, 1.54) is 11.4 Å². The minimum absolute atomic E-state index is 0.0266. The van der Waals surface area contributed by atoms with Crippen LogP contribution in [0, 0.1) is 5.92 Å². The Morgan fingerprint density at radius 1 is 1.18 bits per heavy atom. The van der Waals surface area contributed by atoms with Gasteiger partial charge in [-0.1, -0.05) is 12.8 Å². The highest BCUT2D eigenvalue weighted by molar-refractivity contribution is 6.15. The summed E-state index contributed by atoms with van der Waals surface area (Å²) in [4.78, 5) is 20.4. The maximum atomic E-state index is 12.2. The lowest BCUT2D eigenvalue weighted by Crippen LogP contribution is -2.28. The molecule has 1 atom stereocenters. The third-order valence-corrected chi connectivity index (χ3v) is 3.30. The second-order valence-corrected chi connectivity index (χ2v) is 4.44. The Kier molecular flexibility index (Phi) is 2.59. The zero-order valence-electron chi connectivity index (χ0n) is 9.54. The van der Waals surface area contributed by atoms with Crippen molar-refractivity contribution in [2.24, 2.45) is 11.0 Å². The van der Waals surface area contributed by atoms with E-state index < -0.39 is 0 Å². The van der Waals surface area contributed by atoms with Gasteiger partial charge in [-0.15, -0.1) is 0 Å². The lowest BCUT2D eigenvalue weighted by Gasteiger charge is -2.11. The van der Waals surface area contributed by atoms with E-state index in [1.807, 2.05) is 0 Å². The van der Waals surface area contributed by atoms with Crippen molar-refractivity contribution in [3.63, 3.8) is 0 Å². The first-order valence-corrected chi connectivity index (χ1v) is 6.04. The van der Waals surface area contributed by atoms with Gasteiger partial charge in [-0.05, 0) is 25.3 Å². The number of carbonyl (C=O) groups is 1. The Morgan fingerprint density at radius 3 is 2.82 bits per heavy atom. The van der Waals surface area contributed by atoms with Gasteiger partial charge in [0, 0.05) is 12.4 Å². The molecule has 1 amide bonds. The Balaban J connectivity index is 1.91. The summed E-state index contributed by atoms with van der Waals surface area (Å²) in [6, 6.07) is 1.73. The van der Waals surface area contributed by atoms with Crippen LogP contribution in [0.1, 0.15) is 32.1 Å². The zero-order valence-corrected chi connectivity index (χ0v) is 9.54. The molecule has 17 heavy (non-hydrogen) atoms. The van der Waals surface area contributed by atoms with Gasteiger partial charge >= 0.3 is 0 Å². The molecule has 1 aromatic rings. The van der Waals surface area contributed by atoms with Crippen molar-refractivity contribution in [2.45, 2.75) is 32.1 Å². The van der Waals surface area contributed by atoms with Crippen molar-refractivity contribution in [3.05, 3.63) is 18.5 Å². The first-order chi connectivity index (χ1) is 8.36. The molecule has 5 heteroatoms. The van der Waals surface area contributed by atoms with Crippen molar-refractivity contribution in [1.29, 1.82) is 0 Å². The molecular weight excluding hydrogens is 216 g/mol. The average molecular weight is 230 g/mol. The van der Waals surface area contributed by atoms with Crippen molar-refractivity contribution in [1.82, 2.24) is 9.97 Å². The normalized spacial score (nSPS) is 24.2. The average Bonchev–Trinajstić information content (AvgIpc) is 2.56. The van der Waals surface area contributed by atoms with Crippen molar-refractivity contribution >= 4 is 17.6 Å². The van der Waals surface area contributed by atoms with Gasteiger partial charge in [0.25, 0.3) is 11.9 Å². The first kappa shape index (κ1) is 10.4. The highest BCUT2D eigenvalue weighted by Gasteiger charge is 2.37. The van der Waals surface area contributed by atoms with Crippen LogP contribution in [0.2, 0.25) is 0 Å². The standard InChI is InChI=1S/C12H14N4O/c17-11-9-5-2-1-3-6-10(9)15-16(11)12-13-7-4-8-14-12/h4,7-9H,1-3,5-6H2. The summed E-state index contributed by atoms with van der Waals surface area (Å²) < 4.78 is 0. The number of hydrogen-bond donors (Lipinski definition) is 0. The first-order valence-electron chi connectivity index (χ1n) is 6.04. The van der Waals surface area contributed by atoms with Crippen LogP contribution in [0.3, 0.4) is 0 Å². The summed E-state index contributed by atoms with van der Waals surface area (Å²) in [7, 11) is 0. The minimum Gasteiger partial charge on any atom is -0.272 e. The van der Waals surface area contributed by atoms with Crippen LogP contribution in [-0.4, -0.2) is 21.6 Å². The third kappa shape index (κ3) is 1.81. The maximum Gasteiger partial charge on any atom is 0.258 e. The Bertz CT molecular complexity index is 457. The van der Waals surface area contributed by atoms with Gasteiger partial charge in [0.2, 0.25) is 0 Å². The van der Waals surface area contributed by atoms with Crippen LogP contribution in [0.15, 0.2) is 23.6 Å². The fourth-order valence-electron chi connectivity index (χ4n) is 2.43. The smallest absolute Gasteiger partial charge is 0.258 e. The summed E-state index contributed by atoms with van der Waals surface area (Å²) >= 11 is 0. The molecule has 0 N–H and O–H groups in total. The van der Waals surface area contributed by atoms with E-state index in [0.717, 1.165) is 31.4 Å². The van der Waals surface area contributed by atoms with Crippen molar-refractivity contribution in [2.75, 3.05) is 5.01 Å². The molecule has 2 heterocycles. The van der Waals surface area contributed by atoms with E-state index in [9.17, 15) is 4.79 Å². The molecule has 0 saturated heterocycles. The molecule has 2 aliphatic rings. The molecule has 5 nitrogen and oxygen atoms in total. The molecule has 0 radical (unpaired) electrons. The number of anilines is 1. The van der Waals surface area contributed by atoms with Gasteiger partial charge in [-0.3, -0.25) is 4.79 Å². The topological polar surface area (TPSA) is 58.5 Å². The maximum absolute atomic E-state index is 12.2. The van der Waals surface area contributed by atoms with Crippen LogP contribution in [0.5, 0.6) is 0 Å². The summed E-state index contributed by atoms with van der Waals surface area (Å²) in [5.74, 6) is 0.396. The van der Waals surface area contributed by atoms with Crippen molar-refractivity contribution in [3.8, 4) is 0 Å². The Labute approximate surface area is 99.6 Å². The van der Waals surface area contributed by atoms with Gasteiger partial charge in [0.05, 0.1) is 11.6 Å². The van der Waals surface area contributed by atoms with Gasteiger partial charge < -0.3 is 0 Å². The van der Waals surface area contributed by atoms with E-state index in [2.05, 4.69) is 15.1 Å². The van der Waals surface area contributed by atoms with Gasteiger partial charge in [0.15, 0.2) is 0 Å². The summed E-state index contributed by atoms with van der Waals surface area (Å²) in [6.45, 7) is 0. The zero-order chi connectivity index (χ0) is 11.7. The Hall–Kier alpha value is -1.78. The Morgan fingerprint density at radius 2 is 2.00 bits per heavy atom. The fourth-order valence-corrected chi connectivity index (χ4v) is 2.43. The molecule has 88 valence electrons. The molecule has 1 aromatic heterocycles. The van der Waals surface area contributed by atoms with E-state index >= 15 is 0 Å². The molecule has 1 unspecified atom stereocenters. The third-order valence-electron chi connectivity index (χ3n) is 3.30. The van der Waals surface area contributed by atoms with E-state index in [4.69, 9.17) is 0 Å². The quantitative estimate of drug-likeness (QED) is 0.738. The van der Waals surface area contributed by atoms with Gasteiger partial charge in [-0.2, -0.15) is 10.1 Å². The van der Waals surface area contributed by atoms with Crippen molar-refractivity contribution < 1.29 is 4.79 Å². The molecule has 0 spiro atoms. The summed E-state index contributed by atoms with van der Waals surface area (Å²) in [5, 5.41) is 5.76. The second kappa shape index (κ2) is 4.24. The summed E-state index contributed by atoms with van der Waals surface area (Å²) in [5.41, 5.74) is 1.01. The molecule has 1 fully saturated rings. The van der Waals surface area contributed by atoms with Crippen LogP contribution in [0.25, 0.3) is 0 Å².